The number of carbonyl (C=O) groups excluding carboxylic acids is 2. The molecule has 1 amide bonds. The first-order valence-electron chi connectivity index (χ1n) is 5.42. The molecule has 0 aliphatic carbocycles. The van der Waals surface area contributed by atoms with E-state index in [0.29, 0.717) is 11.3 Å². The zero-order valence-electron chi connectivity index (χ0n) is 10.7. The minimum absolute atomic E-state index is 0.00718. The summed E-state index contributed by atoms with van der Waals surface area (Å²) in [6.07, 6.45) is 0.379. The van der Waals surface area contributed by atoms with Crippen molar-refractivity contribution in [2.75, 3.05) is 18.2 Å². The number of thioether (sulfide) groups is 1. The number of ether oxygens (including phenoxy) is 1. The van der Waals surface area contributed by atoms with Gasteiger partial charge in [-0.2, -0.15) is 0 Å². The highest BCUT2D eigenvalue weighted by atomic mass is 35.5. The summed E-state index contributed by atoms with van der Waals surface area (Å²) in [5.41, 5.74) is 4.49. The fourth-order valence-electron chi connectivity index (χ4n) is 1.18. The van der Waals surface area contributed by atoms with Crippen molar-refractivity contribution in [3.05, 3.63) is 23.0 Å². The molecule has 114 valence electrons. The number of carbonyl (C=O) groups is 2. The van der Waals surface area contributed by atoms with E-state index in [2.05, 4.69) is 20.9 Å². The molecular formula is C11H11ClFN3O3S2. The van der Waals surface area contributed by atoms with Crippen LogP contribution in [0.25, 0.3) is 0 Å². The molecule has 3 N–H and O–H groups in total. The first kappa shape index (κ1) is 17.5. The predicted molar refractivity (Wildman–Crippen MR) is 82.7 cm³/mol. The second kappa shape index (κ2) is 8.65. The number of hydrogen-bond acceptors (Lipinski definition) is 5. The van der Waals surface area contributed by atoms with Gasteiger partial charge in [0.15, 0.2) is 5.11 Å². The van der Waals surface area contributed by atoms with E-state index in [0.717, 1.165) is 17.8 Å². The Morgan fingerprint density at radius 1 is 1.57 bits per heavy atom. The van der Waals surface area contributed by atoms with E-state index >= 15 is 0 Å². The number of rotatable bonds is 6. The van der Waals surface area contributed by atoms with Gasteiger partial charge < -0.3 is 10.1 Å². The molecule has 1 aromatic carbocycles. The molecule has 0 radical (unpaired) electrons. The summed E-state index contributed by atoms with van der Waals surface area (Å²) < 4.78 is 18.3. The Balaban J connectivity index is 2.82. The normalized spacial score (nSPS) is 9.67. The van der Waals surface area contributed by atoms with Crippen LogP contribution in [-0.4, -0.2) is 30.4 Å². The van der Waals surface area contributed by atoms with Crippen LogP contribution in [0.2, 0.25) is 5.02 Å². The third kappa shape index (κ3) is 5.74. The third-order valence-electron chi connectivity index (χ3n) is 2.09. The van der Waals surface area contributed by atoms with Gasteiger partial charge in [-0.3, -0.25) is 20.4 Å². The van der Waals surface area contributed by atoms with Crippen molar-refractivity contribution in [2.24, 2.45) is 0 Å². The summed E-state index contributed by atoms with van der Waals surface area (Å²) in [6.45, 7) is 0. The highest BCUT2D eigenvalue weighted by Crippen LogP contribution is 2.32. The van der Waals surface area contributed by atoms with E-state index in [9.17, 15) is 14.0 Å². The van der Waals surface area contributed by atoms with E-state index in [4.69, 9.17) is 23.8 Å². The molecule has 0 unspecified atom stereocenters. The molecule has 1 aromatic rings. The smallest absolute Gasteiger partial charge is 0.315 e. The summed E-state index contributed by atoms with van der Waals surface area (Å²) in [6, 6.07) is 2.50. The van der Waals surface area contributed by atoms with Crippen LogP contribution >= 0.6 is 35.6 Å². The molecule has 0 saturated heterocycles. The second-order valence-corrected chi connectivity index (χ2v) is 5.30. The lowest BCUT2D eigenvalue weighted by atomic mass is 10.3. The number of nitrogens with one attached hydrogen (secondary N) is 3. The van der Waals surface area contributed by atoms with Crippen molar-refractivity contribution in [2.45, 2.75) is 4.90 Å². The number of halogens is 2. The Kier molecular flexibility index (Phi) is 7.20. The minimum atomic E-state index is -0.627. The van der Waals surface area contributed by atoms with Crippen molar-refractivity contribution >= 4 is 58.8 Å². The lowest BCUT2D eigenvalue weighted by molar-refractivity contribution is -0.137. The van der Waals surface area contributed by atoms with Gasteiger partial charge in [0.2, 0.25) is 6.41 Å². The highest BCUT2D eigenvalue weighted by Gasteiger charge is 2.12. The molecule has 10 heteroatoms. The van der Waals surface area contributed by atoms with Crippen LogP contribution < -0.4 is 16.2 Å². The zero-order chi connectivity index (χ0) is 15.8. The van der Waals surface area contributed by atoms with Gasteiger partial charge in [0.1, 0.15) is 5.82 Å². The van der Waals surface area contributed by atoms with Crippen molar-refractivity contribution in [3.63, 3.8) is 0 Å². The number of thiocarbonyl (C=S) groups is 1. The Morgan fingerprint density at radius 2 is 2.29 bits per heavy atom. The van der Waals surface area contributed by atoms with Crippen LogP contribution in [0.3, 0.4) is 0 Å². The summed E-state index contributed by atoms with van der Waals surface area (Å²) in [7, 11) is 1.27. The molecule has 0 fully saturated rings. The largest absolute Gasteiger partial charge is 0.468 e. The fraction of sp³-hybridized carbons (Fsp3) is 0.182. The molecule has 0 spiro atoms. The van der Waals surface area contributed by atoms with Crippen molar-refractivity contribution in [3.8, 4) is 0 Å². The van der Waals surface area contributed by atoms with Crippen molar-refractivity contribution < 1.29 is 18.7 Å². The molecule has 0 heterocycles. The number of amides is 1. The third-order valence-corrected chi connectivity index (χ3v) is 3.75. The summed E-state index contributed by atoms with van der Waals surface area (Å²) in [5, 5.41) is 2.71. The van der Waals surface area contributed by atoms with Crippen LogP contribution in [0.4, 0.5) is 10.1 Å². The summed E-state index contributed by atoms with van der Waals surface area (Å²) in [4.78, 5) is 21.7. The van der Waals surface area contributed by atoms with Gasteiger partial charge in [-0.15, -0.1) is 11.8 Å². The Morgan fingerprint density at radius 3 is 2.90 bits per heavy atom. The molecule has 0 saturated carbocycles. The van der Waals surface area contributed by atoms with E-state index in [1.807, 2.05) is 0 Å². The van der Waals surface area contributed by atoms with Crippen LogP contribution in [0.1, 0.15) is 0 Å². The molecule has 21 heavy (non-hydrogen) atoms. The number of benzene rings is 1. The SMILES string of the molecule is COC(=O)CSc1cc(NC(=S)NNC=O)c(F)cc1Cl. The van der Waals surface area contributed by atoms with Crippen molar-refractivity contribution in [1.29, 1.82) is 0 Å². The zero-order valence-corrected chi connectivity index (χ0v) is 13.1. The predicted octanol–water partition coefficient (Wildman–Crippen LogP) is 1.69. The van der Waals surface area contributed by atoms with Gasteiger partial charge in [-0.05, 0) is 24.4 Å². The topological polar surface area (TPSA) is 79.5 Å². The molecule has 6 nitrogen and oxygen atoms in total. The average molecular weight is 352 g/mol. The number of hydrogen-bond donors (Lipinski definition) is 3. The van der Waals surface area contributed by atoms with Gasteiger partial charge >= 0.3 is 5.97 Å². The molecular weight excluding hydrogens is 341 g/mol. The first-order chi connectivity index (χ1) is 9.97. The molecule has 0 bridgehead atoms. The van der Waals surface area contributed by atoms with Gasteiger partial charge in [0.25, 0.3) is 0 Å². The molecule has 0 aliphatic rings. The second-order valence-electron chi connectivity index (χ2n) is 3.47. The minimum Gasteiger partial charge on any atom is -0.468 e. The lowest BCUT2D eigenvalue weighted by Gasteiger charge is -2.12. The van der Waals surface area contributed by atoms with Gasteiger partial charge in [-0.1, -0.05) is 11.6 Å². The highest BCUT2D eigenvalue weighted by molar-refractivity contribution is 8.00. The maximum Gasteiger partial charge on any atom is 0.315 e. The number of esters is 1. The Labute approximate surface area is 134 Å². The van der Waals surface area contributed by atoms with Crippen LogP contribution in [-0.2, 0) is 14.3 Å². The number of methoxy groups -OCH3 is 1. The monoisotopic (exact) mass is 351 g/mol. The fourth-order valence-corrected chi connectivity index (χ4v) is 2.45. The van der Waals surface area contributed by atoms with Gasteiger partial charge in [-0.25, -0.2) is 4.39 Å². The standard InChI is InChI=1S/C11H11ClFN3O3S2/c1-19-10(18)4-21-9-3-8(7(13)2-6(9)12)15-11(20)16-14-5-17/h2-3,5H,4H2,1H3,(H,14,17)(H2,15,16,20). The van der Waals surface area contributed by atoms with Gasteiger partial charge in [0.05, 0.1) is 23.6 Å². The summed E-state index contributed by atoms with van der Waals surface area (Å²) in [5.74, 6) is -1.02. The molecule has 1 rings (SSSR count). The number of hydrazine groups is 1. The maximum absolute atomic E-state index is 13.8. The van der Waals surface area contributed by atoms with Crippen LogP contribution in [0.15, 0.2) is 17.0 Å². The average Bonchev–Trinajstić information content (AvgIpc) is 2.46. The molecule has 0 aromatic heterocycles. The van der Waals surface area contributed by atoms with Crippen LogP contribution in [0.5, 0.6) is 0 Å². The Hall–Kier alpha value is -1.58. The van der Waals surface area contributed by atoms with E-state index in [1.54, 1.807) is 0 Å². The lowest BCUT2D eigenvalue weighted by Crippen LogP contribution is -2.39. The quantitative estimate of drug-likeness (QED) is 0.237. The molecule has 0 atom stereocenters. The van der Waals surface area contributed by atoms with E-state index in [-0.39, 0.29) is 21.6 Å². The maximum atomic E-state index is 13.8. The summed E-state index contributed by atoms with van der Waals surface area (Å²) >= 11 is 11.8. The molecule has 0 aliphatic heterocycles. The van der Waals surface area contributed by atoms with Crippen molar-refractivity contribution in [1.82, 2.24) is 10.9 Å². The number of anilines is 1. The van der Waals surface area contributed by atoms with Crippen LogP contribution in [0, 0.1) is 5.82 Å². The van der Waals surface area contributed by atoms with Gasteiger partial charge in [0, 0.05) is 4.90 Å². The first-order valence-corrected chi connectivity index (χ1v) is 7.20. The van der Waals surface area contributed by atoms with E-state index in [1.165, 1.54) is 13.2 Å². The van der Waals surface area contributed by atoms with E-state index < -0.39 is 11.8 Å². The Bertz CT molecular complexity index is 560.